The van der Waals surface area contributed by atoms with Crippen LogP contribution in [-0.2, 0) is 10.3 Å². The fourth-order valence-electron chi connectivity index (χ4n) is 5.13. The Labute approximate surface area is 180 Å². The Hall–Kier alpha value is -2.97. The van der Waals surface area contributed by atoms with Crippen LogP contribution in [0.5, 0.6) is 0 Å². The molecule has 0 unspecified atom stereocenters. The van der Waals surface area contributed by atoms with Crippen molar-refractivity contribution >= 4 is 23.0 Å². The lowest BCUT2D eigenvalue weighted by Gasteiger charge is -2.37. The van der Waals surface area contributed by atoms with Crippen LogP contribution in [0.4, 0.5) is 5.95 Å². The molecule has 3 aromatic heterocycles. The molecule has 9 heteroatoms. The Kier molecular flexibility index (Phi) is 4.26. The molecule has 1 amide bonds. The summed E-state index contributed by atoms with van der Waals surface area (Å²) in [5.41, 5.74) is 1.34. The number of carbonyl (C=O) groups is 1. The van der Waals surface area contributed by atoms with Gasteiger partial charge in [0.2, 0.25) is 11.9 Å². The molecule has 0 bridgehead atoms. The molecule has 31 heavy (non-hydrogen) atoms. The van der Waals surface area contributed by atoms with Crippen LogP contribution in [0, 0.1) is 11.8 Å². The maximum absolute atomic E-state index is 13.1. The first-order valence-electron chi connectivity index (χ1n) is 11.4. The van der Waals surface area contributed by atoms with Crippen molar-refractivity contribution in [2.24, 2.45) is 11.8 Å². The highest BCUT2D eigenvalue weighted by molar-refractivity contribution is 5.80. The van der Waals surface area contributed by atoms with Crippen molar-refractivity contribution in [3.8, 4) is 0 Å². The van der Waals surface area contributed by atoms with Gasteiger partial charge in [-0.3, -0.25) is 9.48 Å². The van der Waals surface area contributed by atoms with Crippen LogP contribution in [-0.4, -0.2) is 66.7 Å². The molecule has 3 aliphatic rings. The van der Waals surface area contributed by atoms with Gasteiger partial charge in [-0.2, -0.15) is 10.1 Å². The van der Waals surface area contributed by atoms with E-state index in [2.05, 4.69) is 26.9 Å². The van der Waals surface area contributed by atoms with E-state index in [1.165, 1.54) is 0 Å². The highest BCUT2D eigenvalue weighted by Crippen LogP contribution is 2.47. The second-order valence-corrected chi connectivity index (χ2v) is 9.33. The summed E-state index contributed by atoms with van der Waals surface area (Å²) in [7, 11) is 0. The molecule has 9 nitrogen and oxygen atoms in total. The Morgan fingerprint density at radius 2 is 2.03 bits per heavy atom. The first kappa shape index (κ1) is 18.8. The van der Waals surface area contributed by atoms with Crippen molar-refractivity contribution in [2.45, 2.75) is 44.6 Å². The zero-order chi connectivity index (χ0) is 21.0. The van der Waals surface area contributed by atoms with E-state index in [9.17, 15) is 4.79 Å². The lowest BCUT2D eigenvalue weighted by molar-refractivity contribution is -0.136. The number of fused-ring (bicyclic) bond motifs is 1. The standard InChI is InChI=1S/C22H28N8O/c1-15-5-12-29(14-16(15)19(31)28-9-2-3-10-28)21-23-13-17-18(27-21)26-20(25-17)22(6-7-22)30-11-4-8-24-30/h4,8,11,13,15-16H,2-3,5-7,9-10,12,14H2,1H3,(H,23,25,26,27)/t15-,16+/m1/s1. The van der Waals surface area contributed by atoms with Crippen molar-refractivity contribution in [2.75, 3.05) is 31.1 Å². The average Bonchev–Trinajstić information content (AvgIpc) is 3.23. The molecule has 1 N–H and O–H groups in total. The third kappa shape index (κ3) is 3.09. The average molecular weight is 421 g/mol. The van der Waals surface area contributed by atoms with E-state index in [4.69, 9.17) is 9.97 Å². The number of carbonyl (C=O) groups excluding carboxylic acids is 1. The predicted molar refractivity (Wildman–Crippen MR) is 116 cm³/mol. The van der Waals surface area contributed by atoms with Gasteiger partial charge in [0, 0.05) is 38.6 Å². The van der Waals surface area contributed by atoms with Crippen molar-refractivity contribution in [3.05, 3.63) is 30.5 Å². The summed E-state index contributed by atoms with van der Waals surface area (Å²) in [5, 5.41) is 4.43. The van der Waals surface area contributed by atoms with Crippen molar-refractivity contribution in [3.63, 3.8) is 0 Å². The molecule has 3 aromatic rings. The minimum absolute atomic E-state index is 0.00967. The van der Waals surface area contributed by atoms with Crippen LogP contribution < -0.4 is 4.90 Å². The van der Waals surface area contributed by atoms with Gasteiger partial charge in [0.25, 0.3) is 0 Å². The van der Waals surface area contributed by atoms with Gasteiger partial charge in [-0.15, -0.1) is 0 Å². The maximum Gasteiger partial charge on any atom is 0.227 e. The van der Waals surface area contributed by atoms with E-state index in [0.717, 1.165) is 63.1 Å². The third-order valence-corrected chi connectivity index (χ3v) is 7.31. The maximum atomic E-state index is 13.1. The monoisotopic (exact) mass is 420 g/mol. The molecule has 3 fully saturated rings. The van der Waals surface area contributed by atoms with E-state index < -0.39 is 0 Å². The Morgan fingerprint density at radius 3 is 2.77 bits per heavy atom. The summed E-state index contributed by atoms with van der Waals surface area (Å²) in [5.74, 6) is 2.25. The third-order valence-electron chi connectivity index (χ3n) is 7.31. The van der Waals surface area contributed by atoms with Gasteiger partial charge in [-0.1, -0.05) is 6.92 Å². The molecule has 2 atom stereocenters. The quantitative estimate of drug-likeness (QED) is 0.695. The fourth-order valence-corrected chi connectivity index (χ4v) is 5.13. The summed E-state index contributed by atoms with van der Waals surface area (Å²) in [6.45, 7) is 5.54. The first-order chi connectivity index (χ1) is 15.1. The molecule has 162 valence electrons. The molecular weight excluding hydrogens is 392 g/mol. The van der Waals surface area contributed by atoms with Gasteiger partial charge in [-0.25, -0.2) is 9.97 Å². The summed E-state index contributed by atoms with van der Waals surface area (Å²) < 4.78 is 1.99. The second kappa shape index (κ2) is 7.03. The molecular formula is C22H28N8O. The van der Waals surface area contributed by atoms with E-state index in [-0.39, 0.29) is 11.5 Å². The zero-order valence-electron chi connectivity index (χ0n) is 17.9. The van der Waals surface area contributed by atoms with Gasteiger partial charge >= 0.3 is 0 Å². The number of nitrogens with one attached hydrogen (secondary N) is 1. The number of H-pyrrole nitrogens is 1. The number of piperidine rings is 1. The summed E-state index contributed by atoms with van der Waals surface area (Å²) >= 11 is 0. The number of nitrogens with zero attached hydrogens (tertiary/aromatic N) is 7. The Bertz CT molecular complexity index is 1100. The Balaban J connectivity index is 1.26. The molecule has 0 spiro atoms. The van der Waals surface area contributed by atoms with Gasteiger partial charge in [0.1, 0.15) is 16.9 Å². The SMILES string of the molecule is C[C@@H]1CCN(c2ncc3[nH]c(C4(n5cccn5)CC4)nc3n2)C[C@@H]1C(=O)N1CCCC1. The van der Waals surface area contributed by atoms with Gasteiger partial charge < -0.3 is 14.8 Å². The molecule has 1 saturated carbocycles. The van der Waals surface area contributed by atoms with Crippen molar-refractivity contribution in [1.82, 2.24) is 34.6 Å². The molecule has 2 saturated heterocycles. The van der Waals surface area contributed by atoms with Crippen LogP contribution in [0.3, 0.4) is 0 Å². The first-order valence-corrected chi connectivity index (χ1v) is 11.4. The molecule has 5 heterocycles. The molecule has 0 radical (unpaired) electrons. The molecule has 6 rings (SSSR count). The normalized spacial score (nSPS) is 25.3. The topological polar surface area (TPSA) is 95.8 Å². The smallest absolute Gasteiger partial charge is 0.227 e. The largest absolute Gasteiger partial charge is 0.342 e. The van der Waals surface area contributed by atoms with E-state index >= 15 is 0 Å². The van der Waals surface area contributed by atoms with E-state index in [0.29, 0.717) is 30.0 Å². The zero-order valence-corrected chi connectivity index (χ0v) is 17.9. The molecule has 1 aliphatic carbocycles. The highest BCUT2D eigenvalue weighted by Gasteiger charge is 2.50. The summed E-state index contributed by atoms with van der Waals surface area (Å²) in [6, 6.07) is 1.94. The highest BCUT2D eigenvalue weighted by atomic mass is 16.2. The van der Waals surface area contributed by atoms with Crippen molar-refractivity contribution in [1.29, 1.82) is 0 Å². The number of aromatic amines is 1. The summed E-state index contributed by atoms with van der Waals surface area (Å²) in [6.07, 6.45) is 10.9. The number of hydrogen-bond acceptors (Lipinski definition) is 6. The van der Waals surface area contributed by atoms with Crippen LogP contribution in [0.2, 0.25) is 0 Å². The van der Waals surface area contributed by atoms with Crippen LogP contribution in [0.15, 0.2) is 24.7 Å². The van der Waals surface area contributed by atoms with E-state index in [1.807, 2.05) is 28.0 Å². The number of likely N-dealkylation sites (tertiary alicyclic amines) is 1. The lowest BCUT2D eigenvalue weighted by atomic mass is 9.86. The molecule has 2 aliphatic heterocycles. The number of rotatable bonds is 4. The fraction of sp³-hybridized carbons (Fsp3) is 0.591. The lowest BCUT2D eigenvalue weighted by Crippen LogP contribution is -2.48. The number of anilines is 1. The minimum atomic E-state index is -0.182. The van der Waals surface area contributed by atoms with E-state index in [1.54, 1.807) is 6.20 Å². The number of hydrogen-bond donors (Lipinski definition) is 1. The van der Waals surface area contributed by atoms with Crippen LogP contribution >= 0.6 is 0 Å². The second-order valence-electron chi connectivity index (χ2n) is 9.33. The summed E-state index contributed by atoms with van der Waals surface area (Å²) in [4.78, 5) is 34.9. The van der Waals surface area contributed by atoms with Crippen LogP contribution in [0.1, 0.15) is 44.9 Å². The van der Waals surface area contributed by atoms with Crippen molar-refractivity contribution < 1.29 is 4.79 Å². The van der Waals surface area contributed by atoms with Gasteiger partial charge in [0.05, 0.1) is 12.1 Å². The van der Waals surface area contributed by atoms with Gasteiger partial charge in [0.15, 0.2) is 5.65 Å². The number of imidazole rings is 1. The predicted octanol–water partition coefficient (Wildman–Crippen LogP) is 2.17. The Morgan fingerprint density at radius 1 is 1.19 bits per heavy atom. The molecule has 0 aromatic carbocycles. The number of aromatic nitrogens is 6. The number of amides is 1. The van der Waals surface area contributed by atoms with Gasteiger partial charge in [-0.05, 0) is 44.1 Å². The minimum Gasteiger partial charge on any atom is -0.342 e. The van der Waals surface area contributed by atoms with Crippen LogP contribution in [0.25, 0.3) is 11.2 Å².